The molecule has 0 aliphatic rings. The molecule has 0 aliphatic heterocycles. The van der Waals surface area contributed by atoms with Crippen molar-refractivity contribution in [3.05, 3.63) is 41.3 Å². The molecule has 0 unspecified atom stereocenters. The number of benzene rings is 1. The van der Waals surface area contributed by atoms with Gasteiger partial charge in [-0.25, -0.2) is 4.39 Å². The molecule has 102 valence electrons. The van der Waals surface area contributed by atoms with Gasteiger partial charge in [-0.05, 0) is 30.7 Å². The van der Waals surface area contributed by atoms with Crippen LogP contribution in [0.4, 0.5) is 10.1 Å². The molecule has 1 aromatic carbocycles. The number of rotatable bonds is 4. The van der Waals surface area contributed by atoms with Crippen molar-refractivity contribution in [2.24, 2.45) is 5.73 Å². The molecule has 0 saturated heterocycles. The van der Waals surface area contributed by atoms with E-state index in [4.69, 9.17) is 5.73 Å². The fraction of sp³-hybridized carbons (Fsp3) is 0.182. The van der Waals surface area contributed by atoms with Crippen LogP contribution in [0.5, 0.6) is 0 Å². The minimum absolute atomic E-state index is 0.0507. The Morgan fingerprint density at radius 2 is 2.21 bits per heavy atom. The van der Waals surface area contributed by atoms with Crippen LogP contribution in [-0.4, -0.2) is 18.6 Å². The van der Waals surface area contributed by atoms with Gasteiger partial charge in [-0.1, -0.05) is 0 Å². The maximum Gasteiger partial charge on any atom is 0.279 e. The molecular weight excluding hydrogens is 271 g/mol. The number of nitrogens with one attached hydrogen (secondary N) is 2. The lowest BCUT2D eigenvalue weighted by Crippen LogP contribution is -2.16. The van der Waals surface area contributed by atoms with Crippen molar-refractivity contribution >= 4 is 15.7 Å². The van der Waals surface area contributed by atoms with Gasteiger partial charge in [-0.3, -0.25) is 9.82 Å². The van der Waals surface area contributed by atoms with Gasteiger partial charge in [-0.2, -0.15) is 13.5 Å². The molecule has 0 radical (unpaired) electrons. The van der Waals surface area contributed by atoms with E-state index in [1.807, 2.05) is 0 Å². The second kappa shape index (κ2) is 4.98. The summed E-state index contributed by atoms with van der Waals surface area (Å²) in [6.45, 7) is 1.66. The smallest absolute Gasteiger partial charge is 0.279 e. The largest absolute Gasteiger partial charge is 0.326 e. The number of nitrogens with zero attached hydrogens (tertiary/aromatic N) is 1. The summed E-state index contributed by atoms with van der Waals surface area (Å²) < 4.78 is 39.6. The zero-order valence-corrected chi connectivity index (χ0v) is 11.0. The topological polar surface area (TPSA) is 101 Å². The van der Waals surface area contributed by atoms with Gasteiger partial charge in [0.05, 0.1) is 11.9 Å². The van der Waals surface area contributed by atoms with E-state index in [9.17, 15) is 12.8 Å². The van der Waals surface area contributed by atoms with Crippen molar-refractivity contribution in [1.82, 2.24) is 10.2 Å². The number of anilines is 1. The summed E-state index contributed by atoms with van der Waals surface area (Å²) in [4.78, 5) is 0. The molecule has 1 aromatic heterocycles. The van der Waals surface area contributed by atoms with E-state index in [1.165, 1.54) is 24.4 Å². The lowest BCUT2D eigenvalue weighted by molar-refractivity contribution is 0.595. The lowest BCUT2D eigenvalue weighted by atomic mass is 10.2. The Morgan fingerprint density at radius 3 is 2.84 bits per heavy atom. The molecule has 0 saturated carbocycles. The molecule has 6 nitrogen and oxygen atoms in total. The highest BCUT2D eigenvalue weighted by atomic mass is 32.2. The fourth-order valence-corrected chi connectivity index (χ4v) is 2.89. The van der Waals surface area contributed by atoms with Crippen LogP contribution < -0.4 is 10.5 Å². The first-order valence-corrected chi connectivity index (χ1v) is 6.93. The minimum atomic E-state index is -3.82. The Bertz CT molecular complexity index is 696. The van der Waals surface area contributed by atoms with Gasteiger partial charge in [0, 0.05) is 12.1 Å². The summed E-state index contributed by atoms with van der Waals surface area (Å²) in [6, 6.07) is 3.79. The minimum Gasteiger partial charge on any atom is -0.326 e. The number of hydrogen-bond acceptors (Lipinski definition) is 4. The molecule has 19 heavy (non-hydrogen) atoms. The van der Waals surface area contributed by atoms with Gasteiger partial charge >= 0.3 is 0 Å². The second-order valence-electron chi connectivity index (χ2n) is 3.99. The van der Waals surface area contributed by atoms with Gasteiger partial charge in [-0.15, -0.1) is 0 Å². The lowest BCUT2D eigenvalue weighted by Gasteiger charge is -2.10. The van der Waals surface area contributed by atoms with E-state index in [-0.39, 0.29) is 11.6 Å². The Morgan fingerprint density at radius 1 is 1.47 bits per heavy atom. The van der Waals surface area contributed by atoms with Crippen molar-refractivity contribution < 1.29 is 12.8 Å². The summed E-state index contributed by atoms with van der Waals surface area (Å²) in [7, 11) is -3.82. The van der Waals surface area contributed by atoms with Crippen molar-refractivity contribution in [1.29, 1.82) is 0 Å². The SMILES string of the molecule is Cc1cc(F)ccc1NS(=O)(=O)c1[nH]ncc1CN. The summed E-state index contributed by atoms with van der Waals surface area (Å²) in [5.41, 5.74) is 6.60. The summed E-state index contributed by atoms with van der Waals surface area (Å²) >= 11 is 0. The Balaban J connectivity index is 2.37. The Hall–Kier alpha value is -1.93. The van der Waals surface area contributed by atoms with Gasteiger partial charge in [0.2, 0.25) is 0 Å². The van der Waals surface area contributed by atoms with E-state index in [0.717, 1.165) is 0 Å². The molecule has 8 heteroatoms. The van der Waals surface area contributed by atoms with Crippen molar-refractivity contribution in [2.45, 2.75) is 18.5 Å². The van der Waals surface area contributed by atoms with Crippen LogP contribution in [0.2, 0.25) is 0 Å². The van der Waals surface area contributed by atoms with Gasteiger partial charge in [0.15, 0.2) is 5.03 Å². The molecule has 0 amide bonds. The first-order valence-electron chi connectivity index (χ1n) is 5.45. The van der Waals surface area contributed by atoms with E-state index < -0.39 is 15.8 Å². The molecule has 0 fully saturated rings. The van der Waals surface area contributed by atoms with Crippen molar-refractivity contribution in [3.8, 4) is 0 Å². The van der Waals surface area contributed by atoms with E-state index in [2.05, 4.69) is 14.9 Å². The normalized spacial score (nSPS) is 11.5. The zero-order valence-electron chi connectivity index (χ0n) is 10.1. The first kappa shape index (κ1) is 13.5. The quantitative estimate of drug-likeness (QED) is 0.783. The summed E-state index contributed by atoms with van der Waals surface area (Å²) in [5.74, 6) is -0.426. The maximum atomic E-state index is 13.0. The number of hydrogen-bond donors (Lipinski definition) is 3. The average Bonchev–Trinajstić information content (AvgIpc) is 2.82. The van der Waals surface area contributed by atoms with E-state index in [1.54, 1.807) is 6.92 Å². The predicted molar refractivity (Wildman–Crippen MR) is 68.4 cm³/mol. The number of nitrogens with two attached hydrogens (primary N) is 1. The third-order valence-corrected chi connectivity index (χ3v) is 3.98. The molecular formula is C11H13FN4O2S. The van der Waals surface area contributed by atoms with Crippen LogP contribution in [0.3, 0.4) is 0 Å². The van der Waals surface area contributed by atoms with Crippen LogP contribution in [0, 0.1) is 12.7 Å². The van der Waals surface area contributed by atoms with Crippen molar-refractivity contribution in [3.63, 3.8) is 0 Å². The van der Waals surface area contributed by atoms with Crippen LogP contribution in [0.25, 0.3) is 0 Å². The fourth-order valence-electron chi connectivity index (χ4n) is 1.61. The number of aromatic nitrogens is 2. The molecule has 4 N–H and O–H groups in total. The van der Waals surface area contributed by atoms with E-state index in [0.29, 0.717) is 16.8 Å². The highest BCUT2D eigenvalue weighted by molar-refractivity contribution is 7.92. The van der Waals surface area contributed by atoms with Crippen LogP contribution in [0.1, 0.15) is 11.1 Å². The second-order valence-corrected chi connectivity index (χ2v) is 5.61. The standard InChI is InChI=1S/C11H13FN4O2S/c1-7-4-9(12)2-3-10(7)16-19(17,18)11-8(5-13)6-14-15-11/h2-4,6,16H,5,13H2,1H3,(H,14,15). The average molecular weight is 284 g/mol. The van der Waals surface area contributed by atoms with E-state index >= 15 is 0 Å². The number of aryl methyl sites for hydroxylation is 1. The monoisotopic (exact) mass is 284 g/mol. The summed E-state index contributed by atoms with van der Waals surface area (Å²) in [6.07, 6.45) is 1.35. The number of sulfonamides is 1. The first-order chi connectivity index (χ1) is 8.94. The molecule has 1 heterocycles. The predicted octanol–water partition coefficient (Wildman–Crippen LogP) is 1.12. The molecule has 0 aliphatic carbocycles. The third-order valence-electron chi connectivity index (χ3n) is 2.60. The summed E-state index contributed by atoms with van der Waals surface area (Å²) in [5, 5.41) is 5.96. The molecule has 0 bridgehead atoms. The van der Waals surface area contributed by atoms with Gasteiger partial charge < -0.3 is 5.73 Å². The van der Waals surface area contributed by atoms with Crippen LogP contribution in [0.15, 0.2) is 29.4 Å². The number of H-pyrrole nitrogens is 1. The van der Waals surface area contributed by atoms with Gasteiger partial charge in [0.1, 0.15) is 5.82 Å². The highest BCUT2D eigenvalue weighted by Crippen LogP contribution is 2.21. The molecule has 2 aromatic rings. The third kappa shape index (κ3) is 2.74. The molecule has 0 spiro atoms. The number of aromatic amines is 1. The maximum absolute atomic E-state index is 13.0. The number of halogens is 1. The Labute approximate surface area is 109 Å². The van der Waals surface area contributed by atoms with Crippen LogP contribution >= 0.6 is 0 Å². The van der Waals surface area contributed by atoms with Crippen LogP contribution in [-0.2, 0) is 16.6 Å². The highest BCUT2D eigenvalue weighted by Gasteiger charge is 2.20. The molecule has 0 atom stereocenters. The van der Waals surface area contributed by atoms with Gasteiger partial charge in [0.25, 0.3) is 10.0 Å². The zero-order chi connectivity index (χ0) is 14.0. The molecule has 2 rings (SSSR count). The Kier molecular flexibility index (Phi) is 3.54. The van der Waals surface area contributed by atoms with Crippen molar-refractivity contribution in [2.75, 3.05) is 4.72 Å².